The highest BCUT2D eigenvalue weighted by atomic mass is 19.1. The molecule has 0 radical (unpaired) electrons. The van der Waals surface area contributed by atoms with Crippen molar-refractivity contribution in [3.05, 3.63) is 64.0 Å². The Bertz CT molecular complexity index is 740. The van der Waals surface area contributed by atoms with Crippen LogP contribution in [0.15, 0.2) is 30.3 Å². The van der Waals surface area contributed by atoms with Gasteiger partial charge < -0.3 is 10.6 Å². The van der Waals surface area contributed by atoms with Crippen LogP contribution in [0.1, 0.15) is 32.6 Å². The maximum Gasteiger partial charge on any atom is 0.256 e. The highest BCUT2D eigenvalue weighted by molar-refractivity contribution is 6.05. The fourth-order valence-electron chi connectivity index (χ4n) is 2.89. The maximum atomic E-state index is 14.6. The van der Waals surface area contributed by atoms with Gasteiger partial charge in [0.1, 0.15) is 5.82 Å². The van der Waals surface area contributed by atoms with Crippen molar-refractivity contribution in [2.24, 2.45) is 0 Å². The molecule has 0 spiro atoms. The molecule has 1 aliphatic heterocycles. The largest absolute Gasteiger partial charge is 0.319 e. The summed E-state index contributed by atoms with van der Waals surface area (Å²) in [4.78, 5) is 12.4. The van der Waals surface area contributed by atoms with Gasteiger partial charge in [0.15, 0.2) is 0 Å². The number of fused-ring (bicyclic) bond motifs is 1. The molecule has 0 bridgehead atoms. The zero-order valence-electron chi connectivity index (χ0n) is 12.8. The van der Waals surface area contributed by atoms with E-state index >= 15 is 0 Å². The van der Waals surface area contributed by atoms with Crippen LogP contribution in [-0.2, 0) is 13.0 Å². The first-order valence-corrected chi connectivity index (χ1v) is 7.46. The SMILES string of the molecule is Cc1ccc(C(=O)Nc2ccc3c(c2F)CCNC3)c(C)c1. The summed E-state index contributed by atoms with van der Waals surface area (Å²) in [6.45, 7) is 5.30. The van der Waals surface area contributed by atoms with Crippen LogP contribution in [-0.4, -0.2) is 12.5 Å². The van der Waals surface area contributed by atoms with Crippen molar-refractivity contribution in [1.29, 1.82) is 0 Å². The molecule has 2 aromatic carbocycles. The molecule has 3 rings (SSSR count). The first kappa shape index (κ1) is 14.7. The van der Waals surface area contributed by atoms with Gasteiger partial charge in [0.25, 0.3) is 5.91 Å². The number of benzene rings is 2. The number of aryl methyl sites for hydroxylation is 2. The molecular formula is C18H19FN2O. The summed E-state index contributed by atoms with van der Waals surface area (Å²) < 4.78 is 14.6. The van der Waals surface area contributed by atoms with E-state index < -0.39 is 0 Å². The number of hydrogen-bond donors (Lipinski definition) is 2. The highest BCUT2D eigenvalue weighted by Gasteiger charge is 2.18. The van der Waals surface area contributed by atoms with Gasteiger partial charge in [0, 0.05) is 12.1 Å². The molecule has 2 N–H and O–H groups in total. The van der Waals surface area contributed by atoms with E-state index in [2.05, 4.69) is 10.6 Å². The van der Waals surface area contributed by atoms with Crippen LogP contribution in [0.5, 0.6) is 0 Å². The molecule has 0 saturated heterocycles. The number of nitrogens with one attached hydrogen (secondary N) is 2. The molecule has 0 aromatic heterocycles. The monoisotopic (exact) mass is 298 g/mol. The standard InChI is InChI=1S/C18H19FN2O/c1-11-3-5-14(12(2)9-11)18(22)21-16-6-4-13-10-20-8-7-15(13)17(16)19/h3-6,9,20H,7-8,10H2,1-2H3,(H,21,22). The number of amides is 1. The van der Waals surface area contributed by atoms with Crippen molar-refractivity contribution >= 4 is 11.6 Å². The van der Waals surface area contributed by atoms with E-state index in [4.69, 9.17) is 0 Å². The summed E-state index contributed by atoms with van der Waals surface area (Å²) in [7, 11) is 0. The fraction of sp³-hybridized carbons (Fsp3) is 0.278. The molecular weight excluding hydrogens is 279 g/mol. The van der Waals surface area contributed by atoms with Crippen LogP contribution >= 0.6 is 0 Å². The lowest BCUT2D eigenvalue weighted by Crippen LogP contribution is -2.25. The molecule has 22 heavy (non-hydrogen) atoms. The lowest BCUT2D eigenvalue weighted by molar-refractivity contribution is 0.102. The third-order valence-electron chi connectivity index (χ3n) is 4.08. The summed E-state index contributed by atoms with van der Waals surface area (Å²) in [6, 6.07) is 9.13. The topological polar surface area (TPSA) is 41.1 Å². The second kappa shape index (κ2) is 5.89. The Balaban J connectivity index is 1.88. The summed E-state index contributed by atoms with van der Waals surface area (Å²) >= 11 is 0. The predicted molar refractivity (Wildman–Crippen MR) is 85.7 cm³/mol. The van der Waals surface area contributed by atoms with E-state index in [1.165, 1.54) is 0 Å². The summed E-state index contributed by atoms with van der Waals surface area (Å²) in [5.41, 5.74) is 4.49. The summed E-state index contributed by atoms with van der Waals surface area (Å²) in [5, 5.41) is 5.92. The number of carbonyl (C=O) groups excluding carboxylic acids is 1. The van der Waals surface area contributed by atoms with E-state index in [0.717, 1.165) is 23.2 Å². The molecule has 3 nitrogen and oxygen atoms in total. The normalized spacial score (nSPS) is 13.6. The molecule has 0 saturated carbocycles. The Morgan fingerprint density at radius 3 is 2.82 bits per heavy atom. The van der Waals surface area contributed by atoms with Gasteiger partial charge >= 0.3 is 0 Å². The van der Waals surface area contributed by atoms with E-state index in [-0.39, 0.29) is 17.4 Å². The minimum Gasteiger partial charge on any atom is -0.319 e. The Morgan fingerprint density at radius 1 is 1.23 bits per heavy atom. The maximum absolute atomic E-state index is 14.6. The van der Waals surface area contributed by atoms with Crippen LogP contribution in [0, 0.1) is 19.7 Å². The molecule has 1 heterocycles. The molecule has 0 unspecified atom stereocenters. The zero-order chi connectivity index (χ0) is 15.7. The van der Waals surface area contributed by atoms with Gasteiger partial charge in [-0.05, 0) is 55.6 Å². The number of rotatable bonds is 2. The van der Waals surface area contributed by atoms with Crippen LogP contribution in [0.3, 0.4) is 0 Å². The number of hydrogen-bond acceptors (Lipinski definition) is 2. The second-order valence-electron chi connectivity index (χ2n) is 5.76. The van der Waals surface area contributed by atoms with Gasteiger partial charge in [-0.1, -0.05) is 23.8 Å². The van der Waals surface area contributed by atoms with E-state index in [1.54, 1.807) is 12.1 Å². The average molecular weight is 298 g/mol. The Kier molecular flexibility index (Phi) is 3.94. The van der Waals surface area contributed by atoms with Gasteiger partial charge in [0.2, 0.25) is 0 Å². The third kappa shape index (κ3) is 2.74. The minimum absolute atomic E-state index is 0.255. The van der Waals surface area contributed by atoms with Crippen molar-refractivity contribution in [2.45, 2.75) is 26.8 Å². The first-order chi connectivity index (χ1) is 10.6. The Hall–Kier alpha value is -2.20. The van der Waals surface area contributed by atoms with Crippen molar-refractivity contribution in [1.82, 2.24) is 5.32 Å². The van der Waals surface area contributed by atoms with E-state index in [9.17, 15) is 9.18 Å². The predicted octanol–water partition coefficient (Wildman–Crippen LogP) is 3.34. The van der Waals surface area contributed by atoms with E-state index in [0.29, 0.717) is 24.1 Å². The number of anilines is 1. The van der Waals surface area contributed by atoms with Crippen LogP contribution in [0.4, 0.5) is 10.1 Å². The lowest BCUT2D eigenvalue weighted by Gasteiger charge is -2.19. The van der Waals surface area contributed by atoms with E-state index in [1.807, 2.05) is 32.0 Å². The Morgan fingerprint density at radius 2 is 2.05 bits per heavy atom. The van der Waals surface area contributed by atoms with Crippen LogP contribution in [0.25, 0.3) is 0 Å². The van der Waals surface area contributed by atoms with Crippen LogP contribution in [0.2, 0.25) is 0 Å². The summed E-state index contributed by atoms with van der Waals surface area (Å²) in [5.74, 6) is -0.581. The molecule has 0 aliphatic carbocycles. The Labute approximate surface area is 129 Å². The summed E-state index contributed by atoms with van der Waals surface area (Å²) in [6.07, 6.45) is 0.647. The quantitative estimate of drug-likeness (QED) is 0.893. The lowest BCUT2D eigenvalue weighted by atomic mass is 9.99. The molecule has 0 fully saturated rings. The van der Waals surface area contributed by atoms with Gasteiger partial charge in [0.05, 0.1) is 5.69 Å². The van der Waals surface area contributed by atoms with Gasteiger partial charge in [-0.15, -0.1) is 0 Å². The first-order valence-electron chi connectivity index (χ1n) is 7.46. The van der Waals surface area contributed by atoms with Crippen molar-refractivity contribution in [2.75, 3.05) is 11.9 Å². The van der Waals surface area contributed by atoms with Gasteiger partial charge in [-0.25, -0.2) is 4.39 Å². The molecule has 0 atom stereocenters. The number of halogens is 1. The number of carbonyl (C=O) groups is 1. The zero-order valence-corrected chi connectivity index (χ0v) is 12.8. The minimum atomic E-state index is -0.308. The van der Waals surface area contributed by atoms with Crippen molar-refractivity contribution in [3.63, 3.8) is 0 Å². The average Bonchev–Trinajstić information content (AvgIpc) is 2.50. The van der Waals surface area contributed by atoms with Crippen molar-refractivity contribution < 1.29 is 9.18 Å². The smallest absolute Gasteiger partial charge is 0.256 e. The van der Waals surface area contributed by atoms with Crippen LogP contribution < -0.4 is 10.6 Å². The van der Waals surface area contributed by atoms with Crippen molar-refractivity contribution in [3.8, 4) is 0 Å². The van der Waals surface area contributed by atoms with Gasteiger partial charge in [-0.3, -0.25) is 4.79 Å². The highest BCUT2D eigenvalue weighted by Crippen LogP contribution is 2.25. The molecule has 4 heteroatoms. The molecule has 114 valence electrons. The molecule has 1 amide bonds. The second-order valence-corrected chi connectivity index (χ2v) is 5.76. The molecule has 2 aromatic rings. The van der Waals surface area contributed by atoms with Gasteiger partial charge in [-0.2, -0.15) is 0 Å². The third-order valence-corrected chi connectivity index (χ3v) is 4.08. The fourth-order valence-corrected chi connectivity index (χ4v) is 2.89. The molecule has 1 aliphatic rings.